The van der Waals surface area contributed by atoms with E-state index in [1.165, 1.54) is 0 Å². The average Bonchev–Trinajstić information content (AvgIpc) is 2.34. The zero-order chi connectivity index (χ0) is 15.3. The summed E-state index contributed by atoms with van der Waals surface area (Å²) in [7, 11) is 0. The van der Waals surface area contributed by atoms with Crippen LogP contribution in [0.1, 0.15) is 27.2 Å². The first kappa shape index (κ1) is 16.7. The first-order valence-electron chi connectivity index (χ1n) is 6.96. The third-order valence-corrected chi connectivity index (χ3v) is 3.27. The van der Waals surface area contributed by atoms with Crippen LogP contribution in [-0.2, 0) is 4.79 Å². The van der Waals surface area contributed by atoms with Crippen LogP contribution in [0.15, 0.2) is 0 Å². The van der Waals surface area contributed by atoms with Gasteiger partial charge in [0, 0.05) is 32.7 Å². The highest BCUT2D eigenvalue weighted by atomic mass is 16.4. The Hall–Kier alpha value is -1.34. The molecule has 1 saturated heterocycles. The number of hydrogen-bond acceptors (Lipinski definition) is 4. The van der Waals surface area contributed by atoms with Crippen molar-refractivity contribution in [1.29, 1.82) is 0 Å². The van der Waals surface area contributed by atoms with Crippen LogP contribution >= 0.6 is 0 Å². The van der Waals surface area contributed by atoms with E-state index in [1.54, 1.807) is 25.7 Å². The van der Waals surface area contributed by atoms with E-state index in [-0.39, 0.29) is 6.03 Å². The summed E-state index contributed by atoms with van der Waals surface area (Å²) in [5, 5.41) is 21.2. The van der Waals surface area contributed by atoms with Crippen molar-refractivity contribution in [3.05, 3.63) is 0 Å². The zero-order valence-electron chi connectivity index (χ0n) is 12.4. The Morgan fingerprint density at radius 3 is 2.20 bits per heavy atom. The fourth-order valence-corrected chi connectivity index (χ4v) is 2.24. The van der Waals surface area contributed by atoms with Gasteiger partial charge in [0.25, 0.3) is 0 Å². The van der Waals surface area contributed by atoms with Gasteiger partial charge in [-0.15, -0.1) is 0 Å². The van der Waals surface area contributed by atoms with Crippen LogP contribution in [0, 0.1) is 0 Å². The van der Waals surface area contributed by atoms with Crippen molar-refractivity contribution in [2.75, 3.05) is 32.7 Å². The molecule has 1 heterocycles. The van der Waals surface area contributed by atoms with E-state index in [2.05, 4.69) is 10.2 Å². The molecule has 7 nitrogen and oxygen atoms in total. The summed E-state index contributed by atoms with van der Waals surface area (Å²) >= 11 is 0. The van der Waals surface area contributed by atoms with Crippen LogP contribution in [0.5, 0.6) is 0 Å². The number of nitrogens with one attached hydrogen (secondary N) is 1. The van der Waals surface area contributed by atoms with Crippen molar-refractivity contribution in [3.63, 3.8) is 0 Å². The molecule has 0 aromatic carbocycles. The van der Waals surface area contributed by atoms with Gasteiger partial charge in [-0.1, -0.05) is 6.92 Å². The molecule has 0 radical (unpaired) electrons. The summed E-state index contributed by atoms with van der Waals surface area (Å²) in [6.45, 7) is 8.24. The molecule has 0 bridgehead atoms. The molecule has 20 heavy (non-hydrogen) atoms. The minimum absolute atomic E-state index is 0.331. The van der Waals surface area contributed by atoms with Gasteiger partial charge in [0.15, 0.2) is 0 Å². The molecule has 0 aromatic rings. The molecule has 1 aliphatic heterocycles. The van der Waals surface area contributed by atoms with Gasteiger partial charge >= 0.3 is 12.0 Å². The number of carboxylic acids is 1. The molecule has 2 amide bonds. The number of carbonyl (C=O) groups is 2. The number of hydrogen-bond donors (Lipinski definition) is 3. The number of piperazine rings is 1. The van der Waals surface area contributed by atoms with Crippen LogP contribution < -0.4 is 5.32 Å². The number of β-amino-alcohol motifs (C(OH)–C–C–N with tert-alkyl or cyclic N) is 1. The number of amides is 2. The second-order valence-corrected chi connectivity index (χ2v) is 5.82. The second-order valence-electron chi connectivity index (χ2n) is 5.82. The molecule has 0 aromatic heterocycles. The zero-order valence-corrected chi connectivity index (χ0v) is 12.4. The number of aliphatic carboxylic acids is 1. The van der Waals surface area contributed by atoms with E-state index in [0.717, 1.165) is 0 Å². The standard InChI is InChI=1S/C13H25N3O4/c1-4-10(11(17)18)14-12(19)16-7-5-15(6-8-16)9-13(2,3)20/h10,20H,4-9H2,1-3H3,(H,14,19)(H,17,18)/t10-/m0/s1. The lowest BCUT2D eigenvalue weighted by Gasteiger charge is -2.37. The minimum Gasteiger partial charge on any atom is -0.480 e. The number of rotatable bonds is 5. The molecule has 0 saturated carbocycles. The molecule has 1 fully saturated rings. The summed E-state index contributed by atoms with van der Waals surface area (Å²) in [5.41, 5.74) is -0.749. The van der Waals surface area contributed by atoms with Gasteiger partial charge in [-0.2, -0.15) is 0 Å². The van der Waals surface area contributed by atoms with E-state index >= 15 is 0 Å². The lowest BCUT2D eigenvalue weighted by molar-refractivity contribution is -0.139. The van der Waals surface area contributed by atoms with Crippen LogP contribution in [0.25, 0.3) is 0 Å². The van der Waals surface area contributed by atoms with Gasteiger partial charge in [0.2, 0.25) is 0 Å². The smallest absolute Gasteiger partial charge is 0.326 e. The van der Waals surface area contributed by atoms with Crippen molar-refractivity contribution in [1.82, 2.24) is 15.1 Å². The topological polar surface area (TPSA) is 93.1 Å². The predicted molar refractivity (Wildman–Crippen MR) is 74.6 cm³/mol. The monoisotopic (exact) mass is 287 g/mol. The normalized spacial score (nSPS) is 18.7. The van der Waals surface area contributed by atoms with Gasteiger partial charge in [0.1, 0.15) is 6.04 Å². The van der Waals surface area contributed by atoms with Gasteiger partial charge < -0.3 is 20.4 Å². The van der Waals surface area contributed by atoms with Crippen molar-refractivity contribution in [3.8, 4) is 0 Å². The van der Waals surface area contributed by atoms with E-state index in [0.29, 0.717) is 39.1 Å². The molecule has 1 atom stereocenters. The Kier molecular flexibility index (Phi) is 5.76. The summed E-state index contributed by atoms with van der Waals surface area (Å²) < 4.78 is 0. The molecule has 0 unspecified atom stereocenters. The van der Waals surface area contributed by atoms with Gasteiger partial charge in [0.05, 0.1) is 5.60 Å². The maximum absolute atomic E-state index is 11.9. The van der Waals surface area contributed by atoms with E-state index < -0.39 is 17.6 Å². The lowest BCUT2D eigenvalue weighted by atomic mass is 10.1. The van der Waals surface area contributed by atoms with Crippen molar-refractivity contribution in [2.24, 2.45) is 0 Å². The van der Waals surface area contributed by atoms with Crippen molar-refractivity contribution >= 4 is 12.0 Å². The third kappa shape index (κ3) is 5.34. The van der Waals surface area contributed by atoms with Gasteiger partial charge in [-0.25, -0.2) is 9.59 Å². The SMILES string of the molecule is CC[C@H](NC(=O)N1CCN(CC(C)(C)O)CC1)C(=O)O. The first-order chi connectivity index (χ1) is 9.23. The Balaban J connectivity index is 2.41. The van der Waals surface area contributed by atoms with Gasteiger partial charge in [-0.05, 0) is 20.3 Å². The third-order valence-electron chi connectivity index (χ3n) is 3.27. The molecular weight excluding hydrogens is 262 g/mol. The van der Waals surface area contributed by atoms with Crippen LogP contribution in [0.2, 0.25) is 0 Å². The molecule has 3 N–H and O–H groups in total. The Morgan fingerprint density at radius 2 is 1.80 bits per heavy atom. The molecule has 0 spiro atoms. The number of urea groups is 1. The van der Waals surface area contributed by atoms with Crippen LogP contribution in [0.4, 0.5) is 4.79 Å². The highest BCUT2D eigenvalue weighted by Crippen LogP contribution is 2.09. The van der Waals surface area contributed by atoms with E-state index in [9.17, 15) is 14.7 Å². The van der Waals surface area contributed by atoms with Crippen molar-refractivity contribution < 1.29 is 19.8 Å². The Bertz CT molecular complexity index is 346. The van der Waals surface area contributed by atoms with Crippen LogP contribution in [-0.4, -0.2) is 76.4 Å². The average molecular weight is 287 g/mol. The molecule has 1 aliphatic rings. The summed E-state index contributed by atoms with van der Waals surface area (Å²) in [5.74, 6) is -1.01. The first-order valence-corrected chi connectivity index (χ1v) is 6.96. The molecule has 116 valence electrons. The van der Waals surface area contributed by atoms with E-state index in [4.69, 9.17) is 5.11 Å². The summed E-state index contributed by atoms with van der Waals surface area (Å²) in [6, 6.07) is -1.17. The lowest BCUT2D eigenvalue weighted by Crippen LogP contribution is -2.56. The largest absolute Gasteiger partial charge is 0.480 e. The van der Waals surface area contributed by atoms with E-state index in [1.807, 2.05) is 0 Å². The Labute approximate surface area is 119 Å². The molecule has 7 heteroatoms. The fraction of sp³-hybridized carbons (Fsp3) is 0.846. The summed E-state index contributed by atoms with van der Waals surface area (Å²) in [4.78, 5) is 26.5. The number of carbonyl (C=O) groups excluding carboxylic acids is 1. The highest BCUT2D eigenvalue weighted by molar-refractivity contribution is 5.82. The number of carboxylic acid groups (broad SMARTS) is 1. The number of aliphatic hydroxyl groups is 1. The maximum atomic E-state index is 11.9. The fourth-order valence-electron chi connectivity index (χ4n) is 2.24. The molecule has 1 rings (SSSR count). The molecular formula is C13H25N3O4. The molecule has 0 aliphatic carbocycles. The quantitative estimate of drug-likeness (QED) is 0.659. The summed E-state index contributed by atoms with van der Waals surface area (Å²) in [6.07, 6.45) is 0.361. The van der Waals surface area contributed by atoms with Crippen LogP contribution in [0.3, 0.4) is 0 Å². The second kappa shape index (κ2) is 6.90. The van der Waals surface area contributed by atoms with Gasteiger partial charge in [-0.3, -0.25) is 4.90 Å². The Morgan fingerprint density at radius 1 is 1.25 bits per heavy atom. The highest BCUT2D eigenvalue weighted by Gasteiger charge is 2.27. The van der Waals surface area contributed by atoms with Crippen molar-refractivity contribution in [2.45, 2.75) is 38.8 Å². The number of nitrogens with zero attached hydrogens (tertiary/aromatic N) is 2. The predicted octanol–water partition coefficient (Wildman–Crippen LogP) is -0.0523. The minimum atomic E-state index is -1.01. The maximum Gasteiger partial charge on any atom is 0.326 e.